The molecular weight excluding hydrogens is 1560 g/mol. The van der Waals surface area contributed by atoms with Crippen LogP contribution in [0.4, 0.5) is 42.9 Å². The molecule has 0 aromatic heterocycles. The summed E-state index contributed by atoms with van der Waals surface area (Å²) in [5, 5.41) is 0. The summed E-state index contributed by atoms with van der Waals surface area (Å²) in [6.45, 7) is 21.2. The van der Waals surface area contributed by atoms with Crippen LogP contribution < -0.4 is 19.3 Å². The lowest BCUT2D eigenvalue weighted by Crippen LogP contribution is -2.29. The Morgan fingerprint density at radius 2 is 0.523 bits per heavy atom. The molecule has 2 unspecified atom stereocenters. The molecule has 0 aliphatic heterocycles. The zero-order valence-electron chi connectivity index (χ0n) is 72.6. The van der Waals surface area contributed by atoms with Gasteiger partial charge in [0.05, 0.1) is 10.8 Å². The third kappa shape index (κ3) is 14.9. The average Bonchev–Trinajstić information content (AvgIpc) is 1.54. The summed E-state index contributed by atoms with van der Waals surface area (Å²) in [7, 11) is 0. The molecule has 0 saturated heterocycles. The van der Waals surface area contributed by atoms with E-state index in [1.165, 1.54) is 77.9 Å². The molecule has 20 rings (SSSR count). The number of ether oxygens (including phenoxy) is 2. The molecule has 0 N–H and O–H groups in total. The Hall–Kier alpha value is -15.5. The Morgan fingerprint density at radius 1 is 0.250 bits per heavy atom. The molecule has 0 bridgehead atoms. The Balaban J connectivity index is 0.628. The number of fused-ring (bicyclic) bond motifs is 6. The fraction of sp³-hybridized carbons (Fsp3) is 0.0820. The van der Waals surface area contributed by atoms with Gasteiger partial charge in [-0.05, 0) is 330 Å². The number of nitrogens with zero attached hydrogens (tertiary/aromatic N) is 2. The minimum atomic E-state index is -0.652. The van der Waals surface area contributed by atoms with E-state index < -0.39 is 10.8 Å². The molecule has 0 radical (unpaired) electrons. The number of aryl methyl sites for hydroxylation is 6. The van der Waals surface area contributed by atoms with Gasteiger partial charge in [-0.15, -0.1) is 0 Å². The van der Waals surface area contributed by atoms with E-state index in [1.54, 1.807) is 26.0 Å². The summed E-state index contributed by atoms with van der Waals surface area (Å²) in [6, 6.07) is 143. The van der Waals surface area contributed by atoms with Gasteiger partial charge in [-0.3, -0.25) is 0 Å². The van der Waals surface area contributed by atoms with Crippen molar-refractivity contribution in [1.29, 1.82) is 0 Å². The zero-order chi connectivity index (χ0) is 87.3. The van der Waals surface area contributed by atoms with E-state index in [9.17, 15) is 0 Å². The first-order valence-corrected chi connectivity index (χ1v) is 43.9. The summed E-state index contributed by atoms with van der Waals surface area (Å²) in [6.07, 6.45) is 3.71. The highest BCUT2D eigenvalue weighted by molar-refractivity contribution is 5.93. The van der Waals surface area contributed by atoms with Gasteiger partial charge in [-0.1, -0.05) is 315 Å². The van der Waals surface area contributed by atoms with Crippen molar-refractivity contribution in [1.82, 2.24) is 0 Å². The Morgan fingerprint density at radius 3 is 0.836 bits per heavy atom. The van der Waals surface area contributed by atoms with Crippen molar-refractivity contribution in [3.63, 3.8) is 0 Å². The third-order valence-electron chi connectivity index (χ3n) is 26.3. The fourth-order valence-electron chi connectivity index (χ4n) is 19.4. The molecular formula is C122H94F2N2O2. The van der Waals surface area contributed by atoms with Gasteiger partial charge in [0.1, 0.15) is 36.3 Å². The minimum Gasteiger partial charge on any atom is -0.489 e. The Labute approximate surface area is 749 Å². The van der Waals surface area contributed by atoms with Crippen molar-refractivity contribution < 1.29 is 18.3 Å². The lowest BCUT2D eigenvalue weighted by Gasteiger charge is -2.35. The van der Waals surface area contributed by atoms with Crippen LogP contribution in [0.1, 0.15) is 100 Å². The van der Waals surface area contributed by atoms with E-state index >= 15 is 8.78 Å². The van der Waals surface area contributed by atoms with Crippen LogP contribution >= 0.6 is 0 Å². The van der Waals surface area contributed by atoms with E-state index in [0.717, 1.165) is 135 Å². The predicted molar refractivity (Wildman–Crippen MR) is 528 cm³/mol. The maximum atomic E-state index is 15.2. The normalized spacial score (nSPS) is 14.0. The van der Waals surface area contributed by atoms with Gasteiger partial charge in [0, 0.05) is 34.1 Å². The predicted octanol–water partition coefficient (Wildman–Crippen LogP) is 32.3. The first-order chi connectivity index (χ1) is 62.6. The van der Waals surface area contributed by atoms with Gasteiger partial charge in [-0.2, -0.15) is 0 Å². The summed E-state index contributed by atoms with van der Waals surface area (Å²) < 4.78 is 43.3. The number of hydrogen-bond acceptors (Lipinski definition) is 4. The largest absolute Gasteiger partial charge is 0.489 e. The molecule has 0 saturated carbocycles. The Bertz CT molecular complexity index is 6810. The monoisotopic (exact) mass is 1660 g/mol. The van der Waals surface area contributed by atoms with Crippen molar-refractivity contribution >= 4 is 46.3 Å². The van der Waals surface area contributed by atoms with Crippen LogP contribution in [0.3, 0.4) is 0 Å². The van der Waals surface area contributed by atoms with Crippen molar-refractivity contribution in [3.8, 4) is 89.4 Å². The highest BCUT2D eigenvalue weighted by Gasteiger charge is 2.49. The molecule has 0 heterocycles. The molecule has 2 aliphatic rings. The highest BCUT2D eigenvalue weighted by Crippen LogP contribution is 2.60. The van der Waals surface area contributed by atoms with Crippen LogP contribution in [0.2, 0.25) is 0 Å². The second-order valence-electron chi connectivity index (χ2n) is 34.1. The smallest absolute Gasteiger partial charge is 0.126 e. The maximum Gasteiger partial charge on any atom is 0.126 e. The highest BCUT2D eigenvalue weighted by atomic mass is 19.1. The van der Waals surface area contributed by atoms with E-state index in [0.29, 0.717) is 24.3 Å². The first kappa shape index (κ1) is 80.9. The van der Waals surface area contributed by atoms with Crippen molar-refractivity contribution in [3.05, 3.63) is 525 Å². The van der Waals surface area contributed by atoms with Crippen molar-refractivity contribution in [2.45, 2.75) is 65.6 Å². The zero-order valence-corrected chi connectivity index (χ0v) is 72.6. The second kappa shape index (κ2) is 33.9. The SMILES string of the molecule is C=Cc1ccc(COc2ccc(C3(c4cc(C)ccc4C)c4ccccc4-c4ccc(-c5ccc(N(c6ccc(-c7ccc(N(c8ccc(-c9ccc(C)c(F)c9)cc8)c8ccc(-c9ccc%10c(c9)C(c9ccc(OCc%11ccc(C=C)cc%11)cc9)(c9cc(C)ccc9C)c9ccccc9-%10)cc8)cc7)cc6)c6ccc(-c7ccc(C)c(F)c7)cc6)cc5)cc43)cc2)cc1. The van der Waals surface area contributed by atoms with Crippen LogP contribution in [0.15, 0.2) is 414 Å². The quantitative estimate of drug-likeness (QED) is 0.0637. The summed E-state index contributed by atoms with van der Waals surface area (Å²) in [5.41, 5.74) is 39.4. The van der Waals surface area contributed by atoms with E-state index in [2.05, 4.69) is 415 Å². The lowest BCUT2D eigenvalue weighted by molar-refractivity contribution is 0.306. The molecule has 2 aliphatic carbocycles. The topological polar surface area (TPSA) is 24.9 Å². The summed E-state index contributed by atoms with van der Waals surface area (Å²) in [5.74, 6) is 1.15. The van der Waals surface area contributed by atoms with E-state index in [-0.39, 0.29) is 11.6 Å². The number of halogens is 2. The first-order valence-electron chi connectivity index (χ1n) is 43.9. The Kier molecular flexibility index (Phi) is 21.4. The fourth-order valence-corrected chi connectivity index (χ4v) is 19.4. The molecule has 2 atom stereocenters. The second-order valence-corrected chi connectivity index (χ2v) is 34.1. The molecule has 4 nitrogen and oxygen atoms in total. The molecule has 618 valence electrons. The average molecular weight is 1660 g/mol. The maximum absolute atomic E-state index is 15.2. The van der Waals surface area contributed by atoms with Gasteiger partial charge in [0.25, 0.3) is 0 Å². The van der Waals surface area contributed by atoms with E-state index in [4.69, 9.17) is 9.47 Å². The summed E-state index contributed by atoms with van der Waals surface area (Å²) in [4.78, 5) is 4.59. The number of rotatable bonds is 23. The number of hydrogen-bond donors (Lipinski definition) is 0. The lowest BCUT2D eigenvalue weighted by atomic mass is 9.66. The van der Waals surface area contributed by atoms with Crippen LogP contribution in [0.25, 0.3) is 90.0 Å². The molecule has 18 aromatic rings. The van der Waals surface area contributed by atoms with Gasteiger partial charge >= 0.3 is 0 Å². The molecule has 128 heavy (non-hydrogen) atoms. The minimum absolute atomic E-state index is 0.232. The third-order valence-corrected chi connectivity index (χ3v) is 26.3. The standard InChI is InChI=1S/C122H94F2N2O2/c1-9-85-25-29-87(30-26-85)77-127-107-65-49-99(50-66-107)121(115-71-79(3)19-21-81(115)5)113-17-13-11-15-109(113)111-69-47-95(73-117(111)121)91-39-57-103(58-40-91)125(105-61-43-93(44-62-105)97-33-23-83(7)119(123)75-97)101-53-35-89(36-54-101)90-37-55-102(56-38-90)126(106-63-45-94(46-64-106)98-34-24-84(8)120(124)76-98)104-59-41-92(42-60-104)96-48-70-112-110-16-12-14-18-114(110)122(118(112)74-96,116-72-80(4)20-22-82(116)6)100-51-67-108(68-52-100)128-78-88-31-27-86(10-2)28-32-88/h9-76H,1-2,77-78H2,3-8H3. The van der Waals surface area contributed by atoms with Gasteiger partial charge in [0.2, 0.25) is 0 Å². The molecule has 18 aromatic carbocycles. The van der Waals surface area contributed by atoms with Gasteiger partial charge < -0.3 is 19.3 Å². The van der Waals surface area contributed by atoms with Crippen LogP contribution in [0.5, 0.6) is 11.5 Å². The number of benzene rings is 18. The van der Waals surface area contributed by atoms with Crippen molar-refractivity contribution in [2.75, 3.05) is 9.80 Å². The summed E-state index contributed by atoms with van der Waals surface area (Å²) >= 11 is 0. The molecule has 6 heteroatoms. The van der Waals surface area contributed by atoms with Crippen LogP contribution in [0, 0.1) is 53.2 Å². The van der Waals surface area contributed by atoms with Gasteiger partial charge in [0.15, 0.2) is 0 Å². The van der Waals surface area contributed by atoms with Crippen molar-refractivity contribution in [2.24, 2.45) is 0 Å². The number of anilines is 6. The van der Waals surface area contributed by atoms with Gasteiger partial charge in [-0.25, -0.2) is 8.78 Å². The molecule has 0 amide bonds. The van der Waals surface area contributed by atoms with E-state index in [1.807, 2.05) is 36.4 Å². The van der Waals surface area contributed by atoms with Crippen LogP contribution in [-0.4, -0.2) is 0 Å². The molecule has 0 fully saturated rings. The van der Waals surface area contributed by atoms with Crippen LogP contribution in [-0.2, 0) is 24.0 Å². The molecule has 0 spiro atoms.